The van der Waals surface area contributed by atoms with Gasteiger partial charge in [0.15, 0.2) is 5.60 Å². The summed E-state index contributed by atoms with van der Waals surface area (Å²) in [6.07, 6.45) is 2.43. The van der Waals surface area contributed by atoms with Crippen molar-refractivity contribution in [2.24, 2.45) is 0 Å². The third-order valence-electron chi connectivity index (χ3n) is 3.22. The van der Waals surface area contributed by atoms with Gasteiger partial charge < -0.3 is 9.47 Å². The van der Waals surface area contributed by atoms with Crippen LogP contribution in [0.5, 0.6) is 0 Å². The third kappa shape index (κ3) is 1.17. The third-order valence-corrected chi connectivity index (χ3v) is 3.22. The van der Waals surface area contributed by atoms with E-state index in [0.717, 1.165) is 12.8 Å². The fourth-order valence-corrected chi connectivity index (χ4v) is 2.20. The molecule has 0 bridgehead atoms. The first kappa shape index (κ1) is 10.5. The summed E-state index contributed by atoms with van der Waals surface area (Å²) in [6.45, 7) is 6.05. The summed E-state index contributed by atoms with van der Waals surface area (Å²) in [5, 5.41) is 0. The molecule has 1 atom stereocenters. The minimum atomic E-state index is -0.648. The summed E-state index contributed by atoms with van der Waals surface area (Å²) in [7, 11) is 1.41. The van der Waals surface area contributed by atoms with Gasteiger partial charge in [-0.05, 0) is 19.3 Å². The number of epoxide rings is 1. The number of hydrogen-bond donors (Lipinski definition) is 0. The van der Waals surface area contributed by atoms with E-state index < -0.39 is 5.60 Å². The van der Waals surface area contributed by atoms with E-state index >= 15 is 0 Å². The van der Waals surface area contributed by atoms with Gasteiger partial charge in [-0.1, -0.05) is 20.8 Å². The molecule has 1 unspecified atom stereocenters. The fourth-order valence-electron chi connectivity index (χ4n) is 2.20. The monoisotopic (exact) mass is 186 g/mol. The molecule has 0 amide bonds. The van der Waals surface area contributed by atoms with E-state index in [1.54, 1.807) is 0 Å². The molecule has 1 aliphatic rings. The zero-order chi connectivity index (χ0) is 10.1. The van der Waals surface area contributed by atoms with Crippen LogP contribution in [0.3, 0.4) is 0 Å². The summed E-state index contributed by atoms with van der Waals surface area (Å²) in [5.41, 5.74) is -0.903. The number of methoxy groups -OCH3 is 1. The lowest BCUT2D eigenvalue weighted by Crippen LogP contribution is -2.34. The predicted octanol–water partition coefficient (Wildman–Crippen LogP) is 1.90. The minimum Gasteiger partial charge on any atom is -0.467 e. The van der Waals surface area contributed by atoms with E-state index in [2.05, 4.69) is 0 Å². The first-order valence-electron chi connectivity index (χ1n) is 4.91. The molecular weight excluding hydrogens is 168 g/mol. The van der Waals surface area contributed by atoms with Crippen molar-refractivity contribution in [2.45, 2.75) is 51.2 Å². The van der Waals surface area contributed by atoms with Crippen LogP contribution in [0.2, 0.25) is 0 Å². The van der Waals surface area contributed by atoms with Crippen LogP contribution >= 0.6 is 0 Å². The lowest BCUT2D eigenvalue weighted by Gasteiger charge is -2.13. The standard InChI is InChI=1S/C10H18O3/c1-5-9(6-2)10(7-3,13-9)8(11)12-4/h5-7H2,1-4H3. The molecule has 1 fully saturated rings. The van der Waals surface area contributed by atoms with E-state index in [1.165, 1.54) is 7.11 Å². The molecular formula is C10H18O3. The largest absolute Gasteiger partial charge is 0.467 e. The molecule has 0 saturated carbocycles. The van der Waals surface area contributed by atoms with Gasteiger partial charge in [0, 0.05) is 0 Å². The first-order valence-corrected chi connectivity index (χ1v) is 4.91. The summed E-state index contributed by atoms with van der Waals surface area (Å²) in [6, 6.07) is 0. The second kappa shape index (κ2) is 3.29. The van der Waals surface area contributed by atoms with Gasteiger partial charge in [0.05, 0.1) is 7.11 Å². The maximum Gasteiger partial charge on any atom is 0.341 e. The number of carbonyl (C=O) groups is 1. The van der Waals surface area contributed by atoms with Gasteiger partial charge in [-0.25, -0.2) is 4.79 Å². The van der Waals surface area contributed by atoms with Crippen LogP contribution in [0.25, 0.3) is 0 Å². The van der Waals surface area contributed by atoms with Crippen LogP contribution in [0, 0.1) is 0 Å². The molecule has 76 valence electrons. The van der Waals surface area contributed by atoms with Crippen molar-refractivity contribution in [2.75, 3.05) is 7.11 Å². The van der Waals surface area contributed by atoms with Crippen molar-refractivity contribution in [1.29, 1.82) is 0 Å². The molecule has 3 heteroatoms. The highest BCUT2D eigenvalue weighted by atomic mass is 16.7. The molecule has 0 N–H and O–H groups in total. The number of hydrogen-bond acceptors (Lipinski definition) is 3. The number of carbonyl (C=O) groups excluding carboxylic acids is 1. The van der Waals surface area contributed by atoms with Crippen molar-refractivity contribution >= 4 is 5.97 Å². The van der Waals surface area contributed by atoms with Gasteiger partial charge in [0.1, 0.15) is 5.60 Å². The van der Waals surface area contributed by atoms with Crippen LogP contribution in [0.1, 0.15) is 40.0 Å². The van der Waals surface area contributed by atoms with Crippen LogP contribution in [-0.2, 0) is 14.3 Å². The maximum atomic E-state index is 11.5. The Morgan fingerprint density at radius 3 is 2.00 bits per heavy atom. The van der Waals surface area contributed by atoms with Crippen molar-refractivity contribution < 1.29 is 14.3 Å². The van der Waals surface area contributed by atoms with E-state index in [-0.39, 0.29) is 11.6 Å². The van der Waals surface area contributed by atoms with Gasteiger partial charge >= 0.3 is 5.97 Å². The molecule has 13 heavy (non-hydrogen) atoms. The quantitative estimate of drug-likeness (QED) is 0.497. The Morgan fingerprint density at radius 2 is 1.77 bits per heavy atom. The fraction of sp³-hybridized carbons (Fsp3) is 0.900. The second-order valence-electron chi connectivity index (χ2n) is 3.48. The van der Waals surface area contributed by atoms with E-state index in [4.69, 9.17) is 9.47 Å². The second-order valence-corrected chi connectivity index (χ2v) is 3.48. The maximum absolute atomic E-state index is 11.5. The van der Waals surface area contributed by atoms with Crippen LogP contribution in [0.4, 0.5) is 0 Å². The number of rotatable bonds is 4. The van der Waals surface area contributed by atoms with Gasteiger partial charge in [0.25, 0.3) is 0 Å². The Hall–Kier alpha value is -0.570. The van der Waals surface area contributed by atoms with Crippen molar-refractivity contribution in [3.05, 3.63) is 0 Å². The smallest absolute Gasteiger partial charge is 0.341 e. The van der Waals surface area contributed by atoms with E-state index in [9.17, 15) is 4.79 Å². The molecule has 1 heterocycles. The predicted molar refractivity (Wildman–Crippen MR) is 49.4 cm³/mol. The summed E-state index contributed by atoms with van der Waals surface area (Å²) < 4.78 is 10.4. The van der Waals surface area contributed by atoms with E-state index in [1.807, 2.05) is 20.8 Å². The van der Waals surface area contributed by atoms with Gasteiger partial charge in [0.2, 0.25) is 0 Å². The molecule has 0 aromatic carbocycles. The Bertz CT molecular complexity index is 208. The van der Waals surface area contributed by atoms with Crippen LogP contribution in [-0.4, -0.2) is 24.3 Å². The first-order chi connectivity index (χ1) is 6.12. The molecule has 1 aliphatic heterocycles. The number of ether oxygens (including phenoxy) is 2. The summed E-state index contributed by atoms with van der Waals surface area (Å²) in [5.74, 6) is -0.223. The lowest BCUT2D eigenvalue weighted by atomic mass is 9.86. The summed E-state index contributed by atoms with van der Waals surface area (Å²) in [4.78, 5) is 11.5. The normalized spacial score (nSPS) is 29.8. The summed E-state index contributed by atoms with van der Waals surface area (Å²) >= 11 is 0. The van der Waals surface area contributed by atoms with Gasteiger partial charge in [-0.2, -0.15) is 0 Å². The van der Waals surface area contributed by atoms with Crippen LogP contribution in [0.15, 0.2) is 0 Å². The number of esters is 1. The lowest BCUT2D eigenvalue weighted by molar-refractivity contribution is -0.147. The van der Waals surface area contributed by atoms with E-state index in [0.29, 0.717) is 6.42 Å². The molecule has 3 nitrogen and oxygen atoms in total. The van der Waals surface area contributed by atoms with Gasteiger partial charge in [-0.3, -0.25) is 0 Å². The molecule has 0 radical (unpaired) electrons. The Labute approximate surface area is 79.4 Å². The minimum absolute atomic E-state index is 0.223. The molecule has 0 spiro atoms. The topological polar surface area (TPSA) is 38.8 Å². The Balaban J connectivity index is 2.83. The SMILES string of the molecule is CCC1(CC)OC1(CC)C(=O)OC. The van der Waals surface area contributed by atoms with Gasteiger partial charge in [-0.15, -0.1) is 0 Å². The van der Waals surface area contributed by atoms with Crippen molar-refractivity contribution in [3.63, 3.8) is 0 Å². The molecule has 1 saturated heterocycles. The zero-order valence-corrected chi connectivity index (χ0v) is 8.85. The zero-order valence-electron chi connectivity index (χ0n) is 8.85. The highest BCUT2D eigenvalue weighted by Gasteiger charge is 2.72. The Morgan fingerprint density at radius 1 is 1.23 bits per heavy atom. The molecule has 0 aromatic heterocycles. The Kier molecular flexibility index (Phi) is 2.66. The highest BCUT2D eigenvalue weighted by molar-refractivity contribution is 5.84. The average molecular weight is 186 g/mol. The molecule has 0 aliphatic carbocycles. The molecule has 0 aromatic rings. The molecule has 1 rings (SSSR count). The highest BCUT2D eigenvalue weighted by Crippen LogP contribution is 2.55. The average Bonchev–Trinajstić information content (AvgIpc) is 2.87. The van der Waals surface area contributed by atoms with Crippen molar-refractivity contribution in [3.8, 4) is 0 Å². The van der Waals surface area contributed by atoms with Crippen LogP contribution < -0.4 is 0 Å². The van der Waals surface area contributed by atoms with Crippen molar-refractivity contribution in [1.82, 2.24) is 0 Å².